The number of Topliss-reactive ketones (excluding diaryl/α,β-unsaturated/α-hetero) is 1. The summed E-state index contributed by atoms with van der Waals surface area (Å²) in [6.07, 6.45) is -9.71. The fraction of sp³-hybridized carbons (Fsp3) is 0.946. The van der Waals surface area contributed by atoms with E-state index in [0.29, 0.717) is 6.42 Å². The quantitative estimate of drug-likeness (QED) is 0.229. The summed E-state index contributed by atoms with van der Waals surface area (Å²) in [5.74, 6) is -4.98. The molecule has 0 aromatic carbocycles. The third-order valence-corrected chi connectivity index (χ3v) is 11.8. The highest BCUT2D eigenvalue weighted by molar-refractivity contribution is 5.83. The molecule has 7 N–H and O–H groups in total. The lowest BCUT2D eigenvalue weighted by Crippen LogP contribution is -2.61. The maximum absolute atomic E-state index is 14.1. The number of carbonyl (C=O) groups is 2. The molecule has 0 spiro atoms. The minimum atomic E-state index is -1.99. The molecule has 0 aromatic rings. The molecule has 0 unspecified atom stereocenters. The number of nitrogens with zero attached hydrogens (tertiary/aromatic N) is 1. The van der Waals surface area contributed by atoms with E-state index in [1.165, 1.54) is 27.9 Å². The van der Waals surface area contributed by atoms with Gasteiger partial charge in [-0.15, -0.1) is 0 Å². The zero-order valence-electron chi connectivity index (χ0n) is 33.4. The second-order valence-corrected chi connectivity index (χ2v) is 16.5. The number of cyclic esters (lactones) is 1. The number of hydrogen-bond acceptors (Lipinski definition) is 14. The van der Waals surface area contributed by atoms with Crippen molar-refractivity contribution in [3.8, 4) is 0 Å². The Kier molecular flexibility index (Phi) is 16.3. The normalized spacial score (nSPS) is 48.8. The van der Waals surface area contributed by atoms with E-state index < -0.39 is 108 Å². The van der Waals surface area contributed by atoms with Crippen molar-refractivity contribution in [1.82, 2.24) is 4.90 Å². The smallest absolute Gasteiger partial charge is 0.311 e. The number of likely N-dealkylation sites (N-methyl/N-ethyl adjacent to an activating group) is 1. The molecule has 15 nitrogen and oxygen atoms in total. The summed E-state index contributed by atoms with van der Waals surface area (Å²) in [4.78, 5) is 29.8. The standard InChI is InChI=1S/C37H67NO13.H2O/c1-14-25-37(10,45)30(41)20(4)27(39)18(2)16-35(8,44)32(51-34-28(40)24(38(11)12)15-19(3)47-34)21(5)29(22(6)33(43)49-25)50-26-17-36(9,46-13)31(42)23(7)48-26;/h18-26,28-32,34,40-42,44-45H,14-17H2,1-13H3;1H2/t18-,19-,20+,21+,22-,23+,24+,25-,26+,28-,29+,30-,31+,32-,34+,35-,36-,37-;/m1./s1. The van der Waals surface area contributed by atoms with E-state index in [2.05, 4.69) is 0 Å². The maximum atomic E-state index is 14.1. The van der Waals surface area contributed by atoms with Gasteiger partial charge in [0.1, 0.15) is 29.7 Å². The molecule has 3 aliphatic rings. The van der Waals surface area contributed by atoms with Crippen molar-refractivity contribution >= 4 is 11.8 Å². The molecule has 0 radical (unpaired) electrons. The lowest BCUT2D eigenvalue weighted by Gasteiger charge is -2.49. The first kappa shape index (κ1) is 46.8. The fourth-order valence-electron chi connectivity index (χ4n) is 8.41. The molecule has 3 heterocycles. The molecule has 3 rings (SSSR count). The van der Waals surface area contributed by atoms with Crippen LogP contribution in [0.25, 0.3) is 0 Å². The fourth-order valence-corrected chi connectivity index (χ4v) is 8.41. The minimum absolute atomic E-state index is 0. The third kappa shape index (κ3) is 9.90. The zero-order valence-corrected chi connectivity index (χ0v) is 33.4. The van der Waals surface area contributed by atoms with Crippen LogP contribution < -0.4 is 0 Å². The van der Waals surface area contributed by atoms with E-state index in [0.717, 1.165) is 0 Å². The number of esters is 1. The molecule has 15 heteroatoms. The van der Waals surface area contributed by atoms with Crippen molar-refractivity contribution in [1.29, 1.82) is 0 Å². The first-order valence-electron chi connectivity index (χ1n) is 18.5. The van der Waals surface area contributed by atoms with Crippen LogP contribution in [0.15, 0.2) is 0 Å². The van der Waals surface area contributed by atoms with Gasteiger partial charge in [-0.1, -0.05) is 27.7 Å². The first-order valence-corrected chi connectivity index (χ1v) is 18.5. The molecular weight excluding hydrogens is 682 g/mol. The van der Waals surface area contributed by atoms with Crippen molar-refractivity contribution in [2.75, 3.05) is 21.2 Å². The number of hydrogen-bond donors (Lipinski definition) is 5. The molecule has 3 aliphatic heterocycles. The number of carbonyl (C=O) groups excluding carboxylic acids is 2. The van der Waals surface area contributed by atoms with E-state index in [4.69, 9.17) is 28.4 Å². The van der Waals surface area contributed by atoms with Crippen LogP contribution in [0.1, 0.15) is 94.9 Å². The van der Waals surface area contributed by atoms with Crippen LogP contribution >= 0.6 is 0 Å². The lowest BCUT2D eigenvalue weighted by atomic mass is 9.74. The van der Waals surface area contributed by atoms with Crippen LogP contribution in [0, 0.1) is 23.7 Å². The van der Waals surface area contributed by atoms with E-state index in [1.54, 1.807) is 41.5 Å². The molecule has 18 atom stereocenters. The predicted molar refractivity (Wildman–Crippen MR) is 190 cm³/mol. The summed E-state index contributed by atoms with van der Waals surface area (Å²) in [5, 5.41) is 57.6. The Hall–Kier alpha value is -1.34. The van der Waals surface area contributed by atoms with Gasteiger partial charge in [0, 0.05) is 37.3 Å². The number of aliphatic hydroxyl groups is 5. The molecule has 0 amide bonds. The van der Waals surface area contributed by atoms with Crippen molar-refractivity contribution in [2.45, 2.75) is 179 Å². The Bertz CT molecular complexity index is 1170. The minimum Gasteiger partial charge on any atom is -0.459 e. The van der Waals surface area contributed by atoms with E-state index >= 15 is 0 Å². The summed E-state index contributed by atoms with van der Waals surface area (Å²) in [6, 6.07) is -0.324. The van der Waals surface area contributed by atoms with Gasteiger partial charge in [-0.2, -0.15) is 0 Å². The summed E-state index contributed by atoms with van der Waals surface area (Å²) in [6.45, 7) is 16.3. The number of ether oxygens (including phenoxy) is 6. The highest BCUT2D eigenvalue weighted by Gasteiger charge is 2.53. The second kappa shape index (κ2) is 18.1. The van der Waals surface area contributed by atoms with Gasteiger partial charge in [0.15, 0.2) is 12.6 Å². The topological polar surface area (TPSA) is 225 Å². The van der Waals surface area contributed by atoms with Gasteiger partial charge in [0.05, 0.1) is 47.6 Å². The second-order valence-electron chi connectivity index (χ2n) is 16.5. The van der Waals surface area contributed by atoms with E-state index in [9.17, 15) is 35.1 Å². The van der Waals surface area contributed by atoms with Gasteiger partial charge in [-0.25, -0.2) is 0 Å². The average Bonchev–Trinajstić information content (AvgIpc) is 3.05. The van der Waals surface area contributed by atoms with Crippen LogP contribution in [0.5, 0.6) is 0 Å². The number of ketones is 1. The van der Waals surface area contributed by atoms with Crippen LogP contribution in [-0.4, -0.2) is 153 Å². The summed E-state index contributed by atoms with van der Waals surface area (Å²) >= 11 is 0. The number of methoxy groups -OCH3 is 1. The van der Waals surface area contributed by atoms with Gasteiger partial charge in [0.2, 0.25) is 0 Å². The molecule has 3 fully saturated rings. The van der Waals surface area contributed by atoms with Crippen molar-refractivity contribution in [2.24, 2.45) is 23.7 Å². The van der Waals surface area contributed by atoms with Crippen LogP contribution in [0.4, 0.5) is 0 Å². The molecule has 3 saturated heterocycles. The maximum Gasteiger partial charge on any atom is 0.311 e. The van der Waals surface area contributed by atoms with Gasteiger partial charge >= 0.3 is 5.97 Å². The molecule has 0 saturated carbocycles. The number of rotatable bonds is 7. The Morgan fingerprint density at radius 1 is 0.885 bits per heavy atom. The van der Waals surface area contributed by atoms with Gasteiger partial charge in [-0.05, 0) is 74.9 Å². The van der Waals surface area contributed by atoms with E-state index in [1.807, 2.05) is 25.9 Å². The Labute approximate surface area is 309 Å². The highest BCUT2D eigenvalue weighted by Crippen LogP contribution is 2.40. The first-order chi connectivity index (χ1) is 23.4. The van der Waals surface area contributed by atoms with Gasteiger partial charge < -0.3 is 64.3 Å². The van der Waals surface area contributed by atoms with Crippen LogP contribution in [0.2, 0.25) is 0 Å². The molecule has 0 aliphatic carbocycles. The van der Waals surface area contributed by atoms with Gasteiger partial charge in [0.25, 0.3) is 0 Å². The summed E-state index contributed by atoms with van der Waals surface area (Å²) < 4.78 is 37.1. The molecule has 0 bridgehead atoms. The average molecular weight is 752 g/mol. The molecular formula is C37H69NO14. The Balaban J connectivity index is 0.00000936. The van der Waals surface area contributed by atoms with Gasteiger partial charge in [-0.3, -0.25) is 9.59 Å². The van der Waals surface area contributed by atoms with E-state index in [-0.39, 0.29) is 36.9 Å². The van der Waals surface area contributed by atoms with Crippen molar-refractivity contribution in [3.63, 3.8) is 0 Å². The monoisotopic (exact) mass is 751 g/mol. The SMILES string of the molecule is CC[C@H]1OC(=O)[C@H](C)[C@@H](O[C@H]2C[C@@](C)(OC)[C@@H](O)[C@H](C)O2)[C@H](C)[C@@H](O[C@@H]2O[C@H](C)C[C@H](N(C)C)[C@H]2O)[C@](C)(O)C[C@@H](C)C(=O)[C@H](C)[C@@H](O)[C@]1(C)O.O. The van der Waals surface area contributed by atoms with Crippen molar-refractivity contribution in [3.05, 3.63) is 0 Å². The third-order valence-electron chi connectivity index (χ3n) is 11.8. The van der Waals surface area contributed by atoms with Crippen molar-refractivity contribution < 1.29 is 69.0 Å². The Morgan fingerprint density at radius 2 is 1.48 bits per heavy atom. The van der Waals surface area contributed by atoms with Crippen LogP contribution in [0.3, 0.4) is 0 Å². The van der Waals surface area contributed by atoms with Crippen LogP contribution in [-0.2, 0) is 38.0 Å². The largest absolute Gasteiger partial charge is 0.459 e. The lowest BCUT2D eigenvalue weighted by molar-refractivity contribution is -0.318. The molecule has 306 valence electrons. The zero-order chi connectivity index (χ0) is 39.0. The Morgan fingerprint density at radius 3 is 2.02 bits per heavy atom. The summed E-state index contributed by atoms with van der Waals surface area (Å²) in [5.41, 5.74) is -4.84. The summed E-state index contributed by atoms with van der Waals surface area (Å²) in [7, 11) is 5.18. The number of aliphatic hydroxyl groups excluding tert-OH is 3. The predicted octanol–water partition coefficient (Wildman–Crippen LogP) is 0.961. The molecule has 0 aromatic heterocycles. The highest BCUT2D eigenvalue weighted by atomic mass is 16.7. The molecule has 52 heavy (non-hydrogen) atoms.